The predicted octanol–water partition coefficient (Wildman–Crippen LogP) is 5.77. The van der Waals surface area contributed by atoms with Crippen molar-refractivity contribution in [2.75, 3.05) is 25.6 Å². The molecule has 0 aliphatic heterocycles. The Morgan fingerprint density at radius 3 is 2.44 bits per heavy atom. The highest BCUT2D eigenvalue weighted by Crippen LogP contribution is 2.36. The van der Waals surface area contributed by atoms with Crippen LogP contribution in [0.2, 0.25) is 5.02 Å². The van der Waals surface area contributed by atoms with Crippen molar-refractivity contribution < 1.29 is 14.3 Å². The van der Waals surface area contributed by atoms with E-state index < -0.39 is 0 Å². The third-order valence-electron chi connectivity index (χ3n) is 4.80. The van der Waals surface area contributed by atoms with E-state index in [4.69, 9.17) is 21.1 Å². The van der Waals surface area contributed by atoms with Gasteiger partial charge in [0.05, 0.1) is 11.6 Å². The highest BCUT2D eigenvalue weighted by atomic mass is 79.9. The van der Waals surface area contributed by atoms with Crippen molar-refractivity contribution in [2.24, 2.45) is 0 Å². The van der Waals surface area contributed by atoms with Gasteiger partial charge in [0.15, 0.2) is 18.1 Å². The van der Waals surface area contributed by atoms with Crippen LogP contribution in [0.15, 0.2) is 65.1 Å². The number of methoxy groups -OCH3 is 1. The van der Waals surface area contributed by atoms with E-state index >= 15 is 0 Å². The predicted molar refractivity (Wildman–Crippen MR) is 133 cm³/mol. The van der Waals surface area contributed by atoms with Crippen LogP contribution in [0.1, 0.15) is 16.7 Å². The number of carbonyl (C=O) groups is 1. The molecule has 3 aromatic rings. The van der Waals surface area contributed by atoms with Crippen LogP contribution in [-0.2, 0) is 17.8 Å². The summed E-state index contributed by atoms with van der Waals surface area (Å²) in [6.07, 6.45) is 0.909. The van der Waals surface area contributed by atoms with Gasteiger partial charge in [0, 0.05) is 17.3 Å². The number of aryl methyl sites for hydroxylation is 1. The molecule has 0 saturated carbocycles. The summed E-state index contributed by atoms with van der Waals surface area (Å²) in [7, 11) is 1.58. The maximum absolute atomic E-state index is 12.2. The van der Waals surface area contributed by atoms with Crippen LogP contribution >= 0.6 is 27.5 Å². The number of ether oxygens (including phenoxy) is 2. The molecular weight excluding hydrogens is 492 g/mol. The number of halogens is 2. The Labute approximate surface area is 202 Å². The summed E-state index contributed by atoms with van der Waals surface area (Å²) >= 11 is 9.47. The number of nitrogens with one attached hydrogen (secondary N) is 2. The molecule has 0 unspecified atom stereocenters. The number of anilines is 1. The molecule has 0 spiro atoms. The molecule has 32 heavy (non-hydrogen) atoms. The molecule has 0 saturated heterocycles. The first-order valence-electron chi connectivity index (χ1n) is 10.3. The zero-order valence-corrected chi connectivity index (χ0v) is 20.4. The fourth-order valence-electron chi connectivity index (χ4n) is 3.10. The lowest BCUT2D eigenvalue weighted by atomic mass is 10.1. The van der Waals surface area contributed by atoms with E-state index in [1.54, 1.807) is 7.11 Å². The van der Waals surface area contributed by atoms with Crippen molar-refractivity contribution in [3.05, 3.63) is 86.8 Å². The number of hydrogen-bond donors (Lipinski definition) is 2. The number of rotatable bonds is 10. The van der Waals surface area contributed by atoms with Crippen LogP contribution < -0.4 is 20.1 Å². The SMILES string of the molecule is COc1cc(CNCCc2ccc(Cl)cc2)cc(Br)c1OCC(=O)Nc1ccc(C)cc1. The standard InChI is InChI=1S/C25H26BrClN2O3/c1-17-3-9-21(10-4-17)29-24(30)16-32-25-22(26)13-19(14-23(25)31-2)15-28-12-11-18-5-7-20(27)8-6-18/h3-10,13-14,28H,11-12,15-16H2,1-2H3,(H,29,30). The minimum Gasteiger partial charge on any atom is -0.493 e. The molecule has 0 aliphatic carbocycles. The van der Waals surface area contributed by atoms with E-state index in [-0.39, 0.29) is 12.5 Å². The van der Waals surface area contributed by atoms with Gasteiger partial charge in [-0.1, -0.05) is 41.4 Å². The summed E-state index contributed by atoms with van der Waals surface area (Å²) in [5.41, 5.74) is 4.14. The van der Waals surface area contributed by atoms with Crippen molar-refractivity contribution in [1.29, 1.82) is 0 Å². The zero-order valence-electron chi connectivity index (χ0n) is 18.1. The maximum atomic E-state index is 12.2. The molecule has 5 nitrogen and oxygen atoms in total. The maximum Gasteiger partial charge on any atom is 0.262 e. The van der Waals surface area contributed by atoms with Crippen molar-refractivity contribution in [1.82, 2.24) is 5.32 Å². The van der Waals surface area contributed by atoms with Gasteiger partial charge in [-0.2, -0.15) is 0 Å². The van der Waals surface area contributed by atoms with E-state index in [0.29, 0.717) is 18.0 Å². The van der Waals surface area contributed by atoms with Crippen molar-refractivity contribution in [2.45, 2.75) is 19.9 Å². The quantitative estimate of drug-likeness (QED) is 0.335. The molecule has 0 fully saturated rings. The zero-order chi connectivity index (χ0) is 22.9. The second kappa shape index (κ2) is 11.9. The second-order valence-electron chi connectivity index (χ2n) is 7.37. The minimum absolute atomic E-state index is 0.123. The van der Waals surface area contributed by atoms with Crippen molar-refractivity contribution >= 4 is 39.1 Å². The Morgan fingerprint density at radius 1 is 1.03 bits per heavy atom. The summed E-state index contributed by atoms with van der Waals surface area (Å²) in [4.78, 5) is 12.2. The Hall–Kier alpha value is -2.54. The van der Waals surface area contributed by atoms with Gasteiger partial charge in [-0.3, -0.25) is 4.79 Å². The van der Waals surface area contributed by atoms with Gasteiger partial charge >= 0.3 is 0 Å². The highest BCUT2D eigenvalue weighted by Gasteiger charge is 2.14. The topological polar surface area (TPSA) is 59.6 Å². The van der Waals surface area contributed by atoms with Crippen LogP contribution in [0.25, 0.3) is 0 Å². The fraction of sp³-hybridized carbons (Fsp3) is 0.240. The van der Waals surface area contributed by atoms with E-state index in [9.17, 15) is 4.79 Å². The molecule has 168 valence electrons. The number of carbonyl (C=O) groups excluding carboxylic acids is 1. The smallest absolute Gasteiger partial charge is 0.262 e. The van der Waals surface area contributed by atoms with Crippen molar-refractivity contribution in [3.63, 3.8) is 0 Å². The summed E-state index contributed by atoms with van der Waals surface area (Å²) in [5, 5.41) is 7.00. The largest absolute Gasteiger partial charge is 0.493 e. The molecule has 3 rings (SSSR count). The third kappa shape index (κ3) is 7.26. The molecule has 0 atom stereocenters. The highest BCUT2D eigenvalue weighted by molar-refractivity contribution is 9.10. The monoisotopic (exact) mass is 516 g/mol. The van der Waals surface area contributed by atoms with Gasteiger partial charge < -0.3 is 20.1 Å². The Bertz CT molecular complexity index is 1040. The number of benzene rings is 3. The van der Waals surface area contributed by atoms with Crippen LogP contribution in [-0.4, -0.2) is 26.2 Å². The number of hydrogen-bond acceptors (Lipinski definition) is 4. The summed E-state index contributed by atoms with van der Waals surface area (Å²) in [6.45, 7) is 3.38. The van der Waals surface area contributed by atoms with Crippen LogP contribution in [0, 0.1) is 6.92 Å². The average molecular weight is 518 g/mol. The normalized spacial score (nSPS) is 10.6. The first kappa shape index (κ1) is 24.1. The van der Waals surface area contributed by atoms with Crippen molar-refractivity contribution in [3.8, 4) is 11.5 Å². The summed E-state index contributed by atoms with van der Waals surface area (Å²) < 4.78 is 12.0. The Balaban J connectivity index is 1.52. The summed E-state index contributed by atoms with van der Waals surface area (Å²) in [6, 6.07) is 19.3. The third-order valence-corrected chi connectivity index (χ3v) is 5.65. The lowest BCUT2D eigenvalue weighted by Crippen LogP contribution is -2.20. The first-order chi connectivity index (χ1) is 15.4. The molecular formula is C25H26BrClN2O3. The molecule has 0 aliphatic rings. The van der Waals surface area contributed by atoms with Gasteiger partial charge in [0.25, 0.3) is 5.91 Å². The minimum atomic E-state index is -0.240. The average Bonchev–Trinajstić information content (AvgIpc) is 2.78. The van der Waals surface area contributed by atoms with Gasteiger partial charge in [0.1, 0.15) is 0 Å². The molecule has 7 heteroatoms. The summed E-state index contributed by atoms with van der Waals surface area (Å²) in [5.74, 6) is 0.823. The van der Waals surface area contributed by atoms with Gasteiger partial charge in [0.2, 0.25) is 0 Å². The van der Waals surface area contributed by atoms with E-state index in [0.717, 1.165) is 39.3 Å². The van der Waals surface area contributed by atoms with Crippen LogP contribution in [0.4, 0.5) is 5.69 Å². The van der Waals surface area contributed by atoms with E-state index in [1.807, 2.05) is 67.6 Å². The van der Waals surface area contributed by atoms with Gasteiger partial charge in [-0.25, -0.2) is 0 Å². The lowest BCUT2D eigenvalue weighted by Gasteiger charge is -2.15. The molecule has 1 amide bonds. The molecule has 0 bridgehead atoms. The first-order valence-corrected chi connectivity index (χ1v) is 11.4. The van der Waals surface area contributed by atoms with Crippen LogP contribution in [0.5, 0.6) is 11.5 Å². The fourth-order valence-corrected chi connectivity index (χ4v) is 3.83. The van der Waals surface area contributed by atoms with Crippen LogP contribution in [0.3, 0.4) is 0 Å². The molecule has 2 N–H and O–H groups in total. The molecule has 0 aromatic heterocycles. The number of amides is 1. The lowest BCUT2D eigenvalue weighted by molar-refractivity contribution is -0.118. The van der Waals surface area contributed by atoms with Gasteiger partial charge in [-0.05, 0) is 83.3 Å². The second-order valence-corrected chi connectivity index (χ2v) is 8.66. The van der Waals surface area contributed by atoms with E-state index in [2.05, 4.69) is 26.6 Å². The molecule has 0 radical (unpaired) electrons. The molecule has 0 heterocycles. The van der Waals surface area contributed by atoms with Gasteiger partial charge in [-0.15, -0.1) is 0 Å². The Kier molecular flexibility index (Phi) is 8.97. The Morgan fingerprint density at radius 2 is 1.75 bits per heavy atom. The molecule has 3 aromatic carbocycles. The van der Waals surface area contributed by atoms with E-state index in [1.165, 1.54) is 5.56 Å².